The van der Waals surface area contributed by atoms with Crippen molar-refractivity contribution in [2.75, 3.05) is 18.6 Å². The predicted molar refractivity (Wildman–Crippen MR) is 140 cm³/mol. The number of benzene rings is 3. The van der Waals surface area contributed by atoms with Crippen LogP contribution in [0.2, 0.25) is 0 Å². The molecule has 0 saturated carbocycles. The van der Waals surface area contributed by atoms with E-state index in [0.29, 0.717) is 35.3 Å². The summed E-state index contributed by atoms with van der Waals surface area (Å²) in [6, 6.07) is 15.9. The molecule has 37 heavy (non-hydrogen) atoms. The van der Waals surface area contributed by atoms with Crippen molar-refractivity contribution in [2.24, 2.45) is 5.92 Å². The Bertz CT molecular complexity index is 1540. The van der Waals surface area contributed by atoms with Gasteiger partial charge in [-0.05, 0) is 65.9 Å². The van der Waals surface area contributed by atoms with E-state index in [1.807, 2.05) is 30.3 Å². The van der Waals surface area contributed by atoms with E-state index < -0.39 is 23.2 Å². The molecule has 1 aromatic heterocycles. The van der Waals surface area contributed by atoms with Crippen molar-refractivity contribution < 1.29 is 23.1 Å². The van der Waals surface area contributed by atoms with Gasteiger partial charge in [-0.3, -0.25) is 14.5 Å². The number of carbonyl (C=O) groups is 1. The number of anilines is 1. The highest BCUT2D eigenvalue weighted by Gasteiger charge is 2.44. The maximum atomic E-state index is 14.1. The van der Waals surface area contributed by atoms with E-state index in [1.54, 1.807) is 24.1 Å². The van der Waals surface area contributed by atoms with Gasteiger partial charge in [-0.1, -0.05) is 39.0 Å². The highest BCUT2D eigenvalue weighted by molar-refractivity contribution is 6.10. The fourth-order valence-corrected chi connectivity index (χ4v) is 4.65. The summed E-state index contributed by atoms with van der Waals surface area (Å²) >= 11 is 0. The van der Waals surface area contributed by atoms with Crippen LogP contribution in [0, 0.1) is 11.7 Å². The first-order valence-electron chi connectivity index (χ1n) is 12.3. The molecule has 0 spiro atoms. The van der Waals surface area contributed by atoms with Gasteiger partial charge in [0.2, 0.25) is 5.76 Å². The molecule has 0 bridgehead atoms. The zero-order valence-corrected chi connectivity index (χ0v) is 21.2. The number of halogens is 1. The van der Waals surface area contributed by atoms with Crippen molar-refractivity contribution in [3.8, 4) is 11.5 Å². The molecule has 2 heterocycles. The predicted octanol–water partition coefficient (Wildman–Crippen LogP) is 6.29. The number of methoxy groups -OCH3 is 1. The van der Waals surface area contributed by atoms with Crippen LogP contribution >= 0.6 is 0 Å². The molecule has 6 nitrogen and oxygen atoms in total. The third-order valence-corrected chi connectivity index (χ3v) is 6.53. The zero-order valence-electron chi connectivity index (χ0n) is 21.2. The van der Waals surface area contributed by atoms with Crippen LogP contribution in [0.15, 0.2) is 69.9 Å². The molecule has 0 N–H and O–H groups in total. The number of carbonyl (C=O) groups excluding carboxylic acids is 1. The van der Waals surface area contributed by atoms with Crippen molar-refractivity contribution in [1.29, 1.82) is 0 Å². The smallest absolute Gasteiger partial charge is 0.295 e. The Morgan fingerprint density at radius 2 is 1.76 bits per heavy atom. The molecule has 1 unspecified atom stereocenters. The van der Waals surface area contributed by atoms with Gasteiger partial charge in [0.1, 0.15) is 11.4 Å². The molecule has 0 saturated heterocycles. The van der Waals surface area contributed by atoms with Crippen LogP contribution in [-0.4, -0.2) is 19.6 Å². The molecule has 4 aromatic rings. The number of ether oxygens (including phenoxy) is 2. The number of aryl methyl sites for hydroxylation is 1. The quantitative estimate of drug-likeness (QED) is 0.298. The van der Waals surface area contributed by atoms with Gasteiger partial charge in [0.15, 0.2) is 16.9 Å². The van der Waals surface area contributed by atoms with Crippen molar-refractivity contribution in [3.63, 3.8) is 0 Å². The largest absolute Gasteiger partial charge is 0.493 e. The lowest BCUT2D eigenvalue weighted by atomic mass is 9.97. The first-order chi connectivity index (χ1) is 17.8. The van der Waals surface area contributed by atoms with Crippen LogP contribution in [0.25, 0.3) is 11.0 Å². The summed E-state index contributed by atoms with van der Waals surface area (Å²) in [7, 11) is 1.54. The molecule has 0 fully saturated rings. The van der Waals surface area contributed by atoms with E-state index in [4.69, 9.17) is 13.9 Å². The Kier molecular flexibility index (Phi) is 6.46. The number of rotatable bonds is 7. The monoisotopic (exact) mass is 501 g/mol. The maximum absolute atomic E-state index is 14.1. The van der Waals surface area contributed by atoms with Gasteiger partial charge in [0, 0.05) is 5.69 Å². The second kappa shape index (κ2) is 9.73. The lowest BCUT2D eigenvalue weighted by molar-refractivity contribution is 0.0971. The Hall–Kier alpha value is -4.13. The molecule has 0 radical (unpaired) electrons. The molecule has 0 aliphatic carbocycles. The number of nitrogens with zero attached hydrogens (tertiary/aromatic N) is 1. The van der Waals surface area contributed by atoms with Gasteiger partial charge in [0.05, 0.1) is 30.7 Å². The molecule has 3 aromatic carbocycles. The van der Waals surface area contributed by atoms with E-state index in [1.165, 1.54) is 12.1 Å². The summed E-state index contributed by atoms with van der Waals surface area (Å²) in [5.41, 5.74) is 2.26. The third kappa shape index (κ3) is 4.35. The normalized spacial score (nSPS) is 14.9. The zero-order chi connectivity index (χ0) is 26.3. The van der Waals surface area contributed by atoms with E-state index in [0.717, 1.165) is 18.1 Å². The Labute approximate surface area is 214 Å². The van der Waals surface area contributed by atoms with Crippen LogP contribution in [0.4, 0.5) is 10.1 Å². The van der Waals surface area contributed by atoms with Gasteiger partial charge in [-0.25, -0.2) is 4.39 Å². The SMILES string of the molecule is CCc1ccc(N2C(=O)c3oc4ccc(F)cc4c(=O)c3C2c2ccc(OCC(C)C)c(OC)c2)cc1. The summed E-state index contributed by atoms with van der Waals surface area (Å²) in [6.07, 6.45) is 0.851. The summed E-state index contributed by atoms with van der Waals surface area (Å²) in [5.74, 6) is 0.330. The van der Waals surface area contributed by atoms with Crippen LogP contribution in [0.5, 0.6) is 11.5 Å². The van der Waals surface area contributed by atoms with E-state index >= 15 is 0 Å². The number of fused-ring (bicyclic) bond motifs is 2. The standard InChI is InChI=1S/C30H28FNO5/c1-5-18-6-10-21(11-7-18)32-27(19-8-12-24(25(14-19)35-4)36-16-17(2)3)26-28(33)22-15-20(31)9-13-23(22)37-29(26)30(32)34/h6-15,17,27H,5,16H2,1-4H3. The van der Waals surface area contributed by atoms with Gasteiger partial charge >= 0.3 is 0 Å². The molecule has 1 atom stereocenters. The second-order valence-electron chi connectivity index (χ2n) is 9.53. The lowest BCUT2D eigenvalue weighted by Crippen LogP contribution is -2.29. The minimum Gasteiger partial charge on any atom is -0.493 e. The Morgan fingerprint density at radius 1 is 1.00 bits per heavy atom. The fourth-order valence-electron chi connectivity index (χ4n) is 4.65. The van der Waals surface area contributed by atoms with Gasteiger partial charge in [-0.15, -0.1) is 0 Å². The average Bonchev–Trinajstić information content (AvgIpc) is 3.20. The first-order valence-corrected chi connectivity index (χ1v) is 12.3. The second-order valence-corrected chi connectivity index (χ2v) is 9.53. The molecular weight excluding hydrogens is 473 g/mol. The molecular formula is C30H28FNO5. The van der Waals surface area contributed by atoms with E-state index in [9.17, 15) is 14.0 Å². The van der Waals surface area contributed by atoms with E-state index in [2.05, 4.69) is 20.8 Å². The van der Waals surface area contributed by atoms with Crippen molar-refractivity contribution in [2.45, 2.75) is 33.2 Å². The van der Waals surface area contributed by atoms with Gasteiger partial charge < -0.3 is 13.9 Å². The minimum absolute atomic E-state index is 0.0484. The summed E-state index contributed by atoms with van der Waals surface area (Å²) < 4.78 is 31.5. The summed E-state index contributed by atoms with van der Waals surface area (Å²) in [5, 5.41) is 0.0867. The van der Waals surface area contributed by atoms with Crippen molar-refractivity contribution >= 4 is 22.6 Å². The van der Waals surface area contributed by atoms with Crippen LogP contribution in [0.1, 0.15) is 54.1 Å². The number of hydrogen-bond donors (Lipinski definition) is 0. The summed E-state index contributed by atoms with van der Waals surface area (Å²) in [6.45, 7) is 6.67. The molecule has 1 amide bonds. The highest BCUT2D eigenvalue weighted by atomic mass is 19.1. The Balaban J connectivity index is 1.72. The van der Waals surface area contributed by atoms with Crippen molar-refractivity contribution in [1.82, 2.24) is 0 Å². The van der Waals surface area contributed by atoms with Crippen LogP contribution < -0.4 is 19.8 Å². The lowest BCUT2D eigenvalue weighted by Gasteiger charge is -2.26. The maximum Gasteiger partial charge on any atom is 0.295 e. The molecule has 1 aliphatic rings. The van der Waals surface area contributed by atoms with Crippen molar-refractivity contribution in [3.05, 3.63) is 99.2 Å². The molecule has 190 valence electrons. The Morgan fingerprint density at radius 3 is 2.43 bits per heavy atom. The number of amides is 1. The molecule has 7 heteroatoms. The van der Waals surface area contributed by atoms with Crippen LogP contribution in [0.3, 0.4) is 0 Å². The van der Waals surface area contributed by atoms with E-state index in [-0.39, 0.29) is 22.3 Å². The molecule has 1 aliphatic heterocycles. The van der Waals surface area contributed by atoms with Gasteiger partial charge in [-0.2, -0.15) is 0 Å². The highest BCUT2D eigenvalue weighted by Crippen LogP contribution is 2.43. The average molecular weight is 502 g/mol. The topological polar surface area (TPSA) is 69.0 Å². The van der Waals surface area contributed by atoms with Gasteiger partial charge in [0.25, 0.3) is 5.91 Å². The fraction of sp³-hybridized carbons (Fsp3) is 0.267. The van der Waals surface area contributed by atoms with Crippen LogP contribution in [-0.2, 0) is 6.42 Å². The molecule has 5 rings (SSSR count). The summed E-state index contributed by atoms with van der Waals surface area (Å²) in [4.78, 5) is 29.0. The first kappa shape index (κ1) is 24.6. The number of hydrogen-bond acceptors (Lipinski definition) is 5. The third-order valence-electron chi connectivity index (χ3n) is 6.53. The minimum atomic E-state index is -0.799.